The van der Waals surface area contributed by atoms with Crippen LogP contribution in [-0.4, -0.2) is 24.6 Å². The van der Waals surface area contributed by atoms with E-state index in [-0.39, 0.29) is 10.7 Å². The van der Waals surface area contributed by atoms with Gasteiger partial charge in [0.05, 0.1) is 16.3 Å². The van der Waals surface area contributed by atoms with E-state index in [0.29, 0.717) is 5.69 Å². The Kier molecular flexibility index (Phi) is 5.74. The molecule has 4 aromatic rings. The zero-order valence-corrected chi connectivity index (χ0v) is 17.8. The van der Waals surface area contributed by atoms with E-state index in [2.05, 4.69) is 17.1 Å². The molecule has 3 aromatic carbocycles. The van der Waals surface area contributed by atoms with Crippen molar-refractivity contribution in [1.82, 2.24) is 9.97 Å². The van der Waals surface area contributed by atoms with Crippen LogP contribution in [0, 0.1) is 5.82 Å². The minimum atomic E-state index is -3.28. The third-order valence-corrected chi connectivity index (χ3v) is 6.66. The molecule has 4 nitrogen and oxygen atoms in total. The average Bonchev–Trinajstić information content (AvgIpc) is 3.17. The molecular formula is C23H19FN2O2S2. The Morgan fingerprint density at radius 2 is 1.53 bits per heavy atom. The third kappa shape index (κ3) is 4.63. The normalized spacial score (nSPS) is 11.5. The van der Waals surface area contributed by atoms with E-state index in [1.807, 2.05) is 18.2 Å². The third-order valence-electron chi connectivity index (χ3n) is 4.59. The number of H-pyrrole nitrogens is 1. The number of sulfone groups is 1. The van der Waals surface area contributed by atoms with Crippen LogP contribution < -0.4 is 0 Å². The molecule has 0 amide bonds. The standard InChI is InChI=1S/C23H19FN2O2S2/c1-30(27,28)20-13-9-18(10-14-20)22-21(17-7-11-19(24)12-8-17)25-23(26-22)29-15-16-5-3-2-4-6-16/h2-14H,15H2,1H3,(H,25,26). The highest BCUT2D eigenvalue weighted by Gasteiger charge is 2.16. The zero-order valence-electron chi connectivity index (χ0n) is 16.2. The van der Waals surface area contributed by atoms with E-state index >= 15 is 0 Å². The zero-order chi connectivity index (χ0) is 21.1. The molecule has 0 bridgehead atoms. The fourth-order valence-corrected chi connectivity index (χ4v) is 4.50. The van der Waals surface area contributed by atoms with Gasteiger partial charge in [-0.2, -0.15) is 0 Å². The van der Waals surface area contributed by atoms with Crippen molar-refractivity contribution < 1.29 is 12.8 Å². The van der Waals surface area contributed by atoms with E-state index < -0.39 is 9.84 Å². The first-order valence-electron chi connectivity index (χ1n) is 9.23. The van der Waals surface area contributed by atoms with Crippen molar-refractivity contribution in [3.8, 4) is 22.5 Å². The highest BCUT2D eigenvalue weighted by molar-refractivity contribution is 7.98. The number of halogens is 1. The molecule has 0 fully saturated rings. The summed E-state index contributed by atoms with van der Waals surface area (Å²) in [6.07, 6.45) is 1.18. The molecule has 0 unspecified atom stereocenters. The maximum Gasteiger partial charge on any atom is 0.175 e. The van der Waals surface area contributed by atoms with E-state index in [4.69, 9.17) is 4.98 Å². The molecule has 1 heterocycles. The fourth-order valence-electron chi connectivity index (χ4n) is 3.04. The molecule has 0 aliphatic carbocycles. The highest BCUT2D eigenvalue weighted by Crippen LogP contribution is 2.34. The van der Waals surface area contributed by atoms with Crippen molar-refractivity contribution >= 4 is 21.6 Å². The molecule has 1 aromatic heterocycles. The number of hydrogen-bond acceptors (Lipinski definition) is 4. The minimum Gasteiger partial charge on any atom is -0.332 e. The predicted molar refractivity (Wildman–Crippen MR) is 119 cm³/mol. The van der Waals surface area contributed by atoms with Crippen LogP contribution in [0.1, 0.15) is 5.56 Å². The Bertz CT molecular complexity index is 1250. The van der Waals surface area contributed by atoms with Crippen LogP contribution in [-0.2, 0) is 15.6 Å². The summed E-state index contributed by atoms with van der Waals surface area (Å²) in [5, 5.41) is 0.736. The lowest BCUT2D eigenvalue weighted by atomic mass is 10.1. The molecule has 152 valence electrons. The second-order valence-electron chi connectivity index (χ2n) is 6.84. The Morgan fingerprint density at radius 1 is 0.900 bits per heavy atom. The molecule has 0 saturated carbocycles. The number of aromatic amines is 1. The molecule has 0 saturated heterocycles. The van der Waals surface area contributed by atoms with Crippen molar-refractivity contribution in [3.05, 3.63) is 90.2 Å². The van der Waals surface area contributed by atoms with Gasteiger partial charge < -0.3 is 4.98 Å². The number of benzene rings is 3. The monoisotopic (exact) mass is 438 g/mol. The first-order chi connectivity index (χ1) is 14.4. The van der Waals surface area contributed by atoms with E-state index in [1.54, 1.807) is 48.2 Å². The summed E-state index contributed by atoms with van der Waals surface area (Å²) in [6.45, 7) is 0. The van der Waals surface area contributed by atoms with E-state index in [0.717, 1.165) is 27.7 Å². The molecule has 0 radical (unpaired) electrons. The van der Waals surface area contributed by atoms with Gasteiger partial charge in [-0.3, -0.25) is 0 Å². The van der Waals surface area contributed by atoms with Crippen molar-refractivity contribution in [2.24, 2.45) is 0 Å². The van der Waals surface area contributed by atoms with Crippen LogP contribution in [0.15, 0.2) is 88.9 Å². The quantitative estimate of drug-likeness (QED) is 0.399. The van der Waals surface area contributed by atoms with E-state index in [9.17, 15) is 12.8 Å². The Labute approximate surface area is 179 Å². The first-order valence-corrected chi connectivity index (χ1v) is 12.1. The second kappa shape index (κ2) is 8.45. The Balaban J connectivity index is 1.71. The first kappa shape index (κ1) is 20.4. The number of nitrogens with zero attached hydrogens (tertiary/aromatic N) is 1. The molecule has 0 aliphatic rings. The van der Waals surface area contributed by atoms with Gasteiger partial charge in [-0.05, 0) is 42.0 Å². The largest absolute Gasteiger partial charge is 0.332 e. The van der Waals surface area contributed by atoms with E-state index in [1.165, 1.54) is 24.0 Å². The number of aromatic nitrogens is 2. The lowest BCUT2D eigenvalue weighted by Gasteiger charge is -2.04. The summed E-state index contributed by atoms with van der Waals surface area (Å²) < 4.78 is 36.9. The van der Waals surface area contributed by atoms with Crippen molar-refractivity contribution in [1.29, 1.82) is 0 Å². The molecule has 0 atom stereocenters. The molecule has 7 heteroatoms. The summed E-state index contributed by atoms with van der Waals surface area (Å²) in [5.74, 6) is 0.444. The van der Waals surface area contributed by atoms with Gasteiger partial charge in [-0.15, -0.1) is 0 Å². The maximum atomic E-state index is 13.4. The van der Waals surface area contributed by atoms with Crippen LogP contribution in [0.3, 0.4) is 0 Å². The van der Waals surface area contributed by atoms with Crippen LogP contribution in [0.5, 0.6) is 0 Å². The smallest absolute Gasteiger partial charge is 0.175 e. The number of imidazole rings is 1. The lowest BCUT2D eigenvalue weighted by molar-refractivity contribution is 0.602. The average molecular weight is 439 g/mol. The van der Waals surface area contributed by atoms with Crippen molar-refractivity contribution in [2.75, 3.05) is 6.26 Å². The summed E-state index contributed by atoms with van der Waals surface area (Å²) >= 11 is 1.57. The summed E-state index contributed by atoms with van der Waals surface area (Å²) in [4.78, 5) is 8.35. The van der Waals surface area contributed by atoms with Gasteiger partial charge in [-0.25, -0.2) is 17.8 Å². The van der Waals surface area contributed by atoms with Gasteiger partial charge in [0.1, 0.15) is 5.82 Å². The molecule has 4 rings (SSSR count). The molecule has 0 aliphatic heterocycles. The van der Waals surface area contributed by atoms with Crippen LogP contribution in [0.2, 0.25) is 0 Å². The molecule has 0 spiro atoms. The van der Waals surface area contributed by atoms with Crippen molar-refractivity contribution in [3.63, 3.8) is 0 Å². The SMILES string of the molecule is CS(=O)(=O)c1ccc(-c2nc(SCc3ccccc3)[nH]c2-c2ccc(F)cc2)cc1. The second-order valence-corrected chi connectivity index (χ2v) is 9.82. The van der Waals surface area contributed by atoms with Gasteiger partial charge >= 0.3 is 0 Å². The lowest BCUT2D eigenvalue weighted by Crippen LogP contribution is -1.96. The van der Waals surface area contributed by atoms with Gasteiger partial charge in [0.25, 0.3) is 0 Å². The van der Waals surface area contributed by atoms with Crippen LogP contribution in [0.25, 0.3) is 22.5 Å². The van der Waals surface area contributed by atoms with Gasteiger partial charge in [0.2, 0.25) is 0 Å². The fraction of sp³-hybridized carbons (Fsp3) is 0.0870. The molecular weight excluding hydrogens is 419 g/mol. The van der Waals surface area contributed by atoms with Gasteiger partial charge in [0, 0.05) is 23.1 Å². The summed E-state index contributed by atoms with van der Waals surface area (Å²) in [5.41, 5.74) is 4.22. The maximum absolute atomic E-state index is 13.4. The molecule has 1 N–H and O–H groups in total. The number of thioether (sulfide) groups is 1. The van der Waals surface area contributed by atoms with Gasteiger partial charge in [0.15, 0.2) is 15.0 Å². The van der Waals surface area contributed by atoms with Crippen LogP contribution >= 0.6 is 11.8 Å². The highest BCUT2D eigenvalue weighted by atomic mass is 32.2. The number of nitrogens with one attached hydrogen (secondary N) is 1. The van der Waals surface area contributed by atoms with Gasteiger partial charge in [-0.1, -0.05) is 54.2 Å². The number of rotatable bonds is 6. The van der Waals surface area contributed by atoms with Crippen LogP contribution in [0.4, 0.5) is 4.39 Å². The topological polar surface area (TPSA) is 62.8 Å². The Hall–Kier alpha value is -2.90. The Morgan fingerprint density at radius 3 is 2.17 bits per heavy atom. The predicted octanol–water partition coefficient (Wildman–Crippen LogP) is 5.58. The van der Waals surface area contributed by atoms with Crippen molar-refractivity contribution in [2.45, 2.75) is 15.8 Å². The molecule has 30 heavy (non-hydrogen) atoms. The number of hydrogen-bond donors (Lipinski definition) is 1. The summed E-state index contributed by atoms with van der Waals surface area (Å²) in [7, 11) is -3.28. The summed E-state index contributed by atoms with van der Waals surface area (Å²) in [6, 6.07) is 22.9. The minimum absolute atomic E-state index is 0.254.